The van der Waals surface area contributed by atoms with Crippen LogP contribution < -0.4 is 10.1 Å². The molecule has 0 unspecified atom stereocenters. The molecule has 116 valence electrons. The van der Waals surface area contributed by atoms with Gasteiger partial charge in [0.1, 0.15) is 11.8 Å². The van der Waals surface area contributed by atoms with Gasteiger partial charge in [0.05, 0.1) is 13.2 Å². The van der Waals surface area contributed by atoms with E-state index in [2.05, 4.69) is 18.3 Å². The van der Waals surface area contributed by atoms with E-state index in [9.17, 15) is 5.26 Å². The van der Waals surface area contributed by atoms with E-state index in [0.29, 0.717) is 0 Å². The number of benzene rings is 2. The molecule has 0 bridgehead atoms. The molecule has 2 aromatic rings. The van der Waals surface area contributed by atoms with Crippen LogP contribution in [-0.4, -0.2) is 7.11 Å². The number of aryl methyl sites for hydroxylation is 1. The molecular formula is C18H21ClN2O. The van der Waals surface area contributed by atoms with Gasteiger partial charge in [-0.25, -0.2) is 0 Å². The summed E-state index contributed by atoms with van der Waals surface area (Å²) in [7, 11) is 1.65. The molecule has 0 aliphatic heterocycles. The molecule has 0 amide bonds. The Morgan fingerprint density at radius 1 is 1.00 bits per heavy atom. The number of rotatable bonds is 5. The second-order valence-electron chi connectivity index (χ2n) is 5.13. The van der Waals surface area contributed by atoms with Crippen LogP contribution in [0.2, 0.25) is 0 Å². The van der Waals surface area contributed by atoms with Gasteiger partial charge >= 0.3 is 0 Å². The zero-order valence-corrected chi connectivity index (χ0v) is 13.9. The van der Waals surface area contributed by atoms with E-state index >= 15 is 0 Å². The molecule has 1 N–H and O–H groups in total. The number of nitrogens with zero attached hydrogens (tertiary/aromatic N) is 1. The molecule has 22 heavy (non-hydrogen) atoms. The summed E-state index contributed by atoms with van der Waals surface area (Å²) in [5.41, 5.74) is 3.31. The Morgan fingerprint density at radius 3 is 2.05 bits per heavy atom. The van der Waals surface area contributed by atoms with Gasteiger partial charge in [0.15, 0.2) is 0 Å². The Labute approximate surface area is 138 Å². The third-order valence-corrected chi connectivity index (χ3v) is 3.57. The van der Waals surface area contributed by atoms with E-state index < -0.39 is 0 Å². The largest absolute Gasteiger partial charge is 0.497 e. The van der Waals surface area contributed by atoms with E-state index in [0.717, 1.165) is 16.9 Å². The van der Waals surface area contributed by atoms with Crippen LogP contribution in [0.4, 0.5) is 0 Å². The van der Waals surface area contributed by atoms with Crippen molar-refractivity contribution in [3.05, 3.63) is 65.2 Å². The normalized spacial score (nSPS) is 12.6. The molecule has 2 rings (SSSR count). The van der Waals surface area contributed by atoms with E-state index in [1.54, 1.807) is 7.11 Å². The average molecular weight is 317 g/mol. The molecule has 4 heteroatoms. The van der Waals surface area contributed by atoms with Crippen LogP contribution in [0.1, 0.15) is 35.7 Å². The SMILES string of the molecule is COc1ccc([C@H](C)N[C@H](C#N)c2ccc(C)cc2)cc1.Cl. The first-order valence-electron chi connectivity index (χ1n) is 7.00. The van der Waals surface area contributed by atoms with Crippen molar-refractivity contribution in [3.63, 3.8) is 0 Å². The minimum Gasteiger partial charge on any atom is -0.497 e. The zero-order valence-electron chi connectivity index (χ0n) is 13.0. The Bertz CT molecular complexity index is 617. The summed E-state index contributed by atoms with van der Waals surface area (Å²) in [5, 5.41) is 12.7. The van der Waals surface area contributed by atoms with Crippen molar-refractivity contribution in [2.75, 3.05) is 7.11 Å². The maximum atomic E-state index is 9.39. The van der Waals surface area contributed by atoms with Crippen LogP contribution in [0.15, 0.2) is 48.5 Å². The predicted molar refractivity (Wildman–Crippen MR) is 91.3 cm³/mol. The maximum absolute atomic E-state index is 9.39. The topological polar surface area (TPSA) is 45.0 Å². The molecule has 2 atom stereocenters. The smallest absolute Gasteiger partial charge is 0.121 e. The summed E-state index contributed by atoms with van der Waals surface area (Å²) < 4.78 is 5.16. The van der Waals surface area contributed by atoms with Crippen molar-refractivity contribution in [2.45, 2.75) is 25.9 Å². The molecule has 0 spiro atoms. The molecule has 2 aromatic carbocycles. The third-order valence-electron chi connectivity index (χ3n) is 3.57. The number of hydrogen-bond acceptors (Lipinski definition) is 3. The van der Waals surface area contributed by atoms with Crippen LogP contribution in [0.25, 0.3) is 0 Å². The lowest BCUT2D eigenvalue weighted by atomic mass is 10.0. The first kappa shape index (κ1) is 18.0. The summed E-state index contributed by atoms with van der Waals surface area (Å²) in [6.07, 6.45) is 0. The fourth-order valence-electron chi connectivity index (χ4n) is 2.21. The third kappa shape index (κ3) is 4.49. The first-order valence-corrected chi connectivity index (χ1v) is 7.00. The highest BCUT2D eigenvalue weighted by atomic mass is 35.5. The van der Waals surface area contributed by atoms with E-state index in [1.807, 2.05) is 55.5 Å². The number of methoxy groups -OCH3 is 1. The Kier molecular flexibility index (Phi) is 6.91. The number of ether oxygens (including phenoxy) is 1. The van der Waals surface area contributed by atoms with Gasteiger partial charge < -0.3 is 4.74 Å². The Balaban J connectivity index is 0.00000242. The standard InChI is InChI=1S/C18H20N2O.ClH/c1-13-4-6-16(7-5-13)18(12-19)20-14(2)15-8-10-17(21-3)11-9-15;/h4-11,14,18,20H,1-3H3;1H/t14-,18+;/m0./s1. The van der Waals surface area contributed by atoms with Gasteiger partial charge in [0, 0.05) is 6.04 Å². The quantitative estimate of drug-likeness (QED) is 0.892. The summed E-state index contributed by atoms with van der Waals surface area (Å²) in [5.74, 6) is 0.835. The van der Waals surface area contributed by atoms with Crippen LogP contribution in [-0.2, 0) is 0 Å². The van der Waals surface area contributed by atoms with Gasteiger partial charge in [-0.05, 0) is 37.1 Å². The summed E-state index contributed by atoms with van der Waals surface area (Å²) >= 11 is 0. The number of hydrogen-bond donors (Lipinski definition) is 1. The monoisotopic (exact) mass is 316 g/mol. The molecular weight excluding hydrogens is 296 g/mol. The lowest BCUT2D eigenvalue weighted by Gasteiger charge is -2.19. The molecule has 0 saturated heterocycles. The number of nitriles is 1. The fraction of sp³-hybridized carbons (Fsp3) is 0.278. The molecule has 0 aromatic heterocycles. The van der Waals surface area contributed by atoms with E-state index in [-0.39, 0.29) is 24.5 Å². The molecule has 0 heterocycles. The number of halogens is 1. The predicted octanol–water partition coefficient (Wildman–Crippen LogP) is 4.34. The van der Waals surface area contributed by atoms with Gasteiger partial charge in [-0.1, -0.05) is 42.0 Å². The minimum atomic E-state index is -0.317. The van der Waals surface area contributed by atoms with Gasteiger partial charge in [-0.2, -0.15) is 5.26 Å². The van der Waals surface area contributed by atoms with Crippen molar-refractivity contribution in [3.8, 4) is 11.8 Å². The van der Waals surface area contributed by atoms with Gasteiger partial charge in [-0.15, -0.1) is 12.4 Å². The summed E-state index contributed by atoms with van der Waals surface area (Å²) in [6.45, 7) is 4.10. The second-order valence-corrected chi connectivity index (χ2v) is 5.13. The summed E-state index contributed by atoms with van der Waals surface area (Å²) in [6, 6.07) is 18.0. The minimum absolute atomic E-state index is 0. The van der Waals surface area contributed by atoms with Crippen LogP contribution in [0.5, 0.6) is 5.75 Å². The van der Waals surface area contributed by atoms with Crippen LogP contribution in [0.3, 0.4) is 0 Å². The Morgan fingerprint density at radius 2 is 1.55 bits per heavy atom. The lowest BCUT2D eigenvalue weighted by molar-refractivity contribution is 0.414. The zero-order chi connectivity index (χ0) is 15.2. The summed E-state index contributed by atoms with van der Waals surface area (Å²) in [4.78, 5) is 0. The van der Waals surface area contributed by atoms with Gasteiger partial charge in [-0.3, -0.25) is 5.32 Å². The van der Waals surface area contributed by atoms with Crippen molar-refractivity contribution < 1.29 is 4.74 Å². The van der Waals surface area contributed by atoms with Crippen LogP contribution in [0, 0.1) is 18.3 Å². The first-order chi connectivity index (χ1) is 10.1. The average Bonchev–Trinajstić information content (AvgIpc) is 2.53. The van der Waals surface area contributed by atoms with Crippen molar-refractivity contribution in [1.82, 2.24) is 5.32 Å². The molecule has 0 fully saturated rings. The Hall–Kier alpha value is -2.02. The van der Waals surface area contributed by atoms with Crippen molar-refractivity contribution >= 4 is 12.4 Å². The lowest BCUT2D eigenvalue weighted by Crippen LogP contribution is -2.23. The highest BCUT2D eigenvalue weighted by Gasteiger charge is 2.14. The second kappa shape index (κ2) is 8.43. The number of nitrogens with one attached hydrogen (secondary N) is 1. The molecule has 0 aliphatic rings. The van der Waals surface area contributed by atoms with E-state index in [4.69, 9.17) is 4.74 Å². The van der Waals surface area contributed by atoms with E-state index in [1.165, 1.54) is 5.56 Å². The molecule has 0 saturated carbocycles. The van der Waals surface area contributed by atoms with Gasteiger partial charge in [0.25, 0.3) is 0 Å². The maximum Gasteiger partial charge on any atom is 0.121 e. The highest BCUT2D eigenvalue weighted by molar-refractivity contribution is 5.85. The van der Waals surface area contributed by atoms with Gasteiger partial charge in [0.2, 0.25) is 0 Å². The molecule has 0 aliphatic carbocycles. The molecule has 0 radical (unpaired) electrons. The van der Waals surface area contributed by atoms with Crippen LogP contribution >= 0.6 is 12.4 Å². The van der Waals surface area contributed by atoms with Crippen molar-refractivity contribution in [2.24, 2.45) is 0 Å². The molecule has 3 nitrogen and oxygen atoms in total. The fourth-order valence-corrected chi connectivity index (χ4v) is 2.21. The highest BCUT2D eigenvalue weighted by Crippen LogP contribution is 2.21. The van der Waals surface area contributed by atoms with Crippen molar-refractivity contribution in [1.29, 1.82) is 5.26 Å².